The zero-order valence-electron chi connectivity index (χ0n) is 13.4. The zero-order chi connectivity index (χ0) is 16.7. The van der Waals surface area contributed by atoms with Crippen LogP contribution in [0.3, 0.4) is 0 Å². The standard InChI is InChI=1S/C16H23NO5/c1-10(2)22-16(20)14(17-11(3)19)8-12-5-6-15(21-4)13(7-12)9-18/h5-7,10,14,18H,8-9H2,1-4H3,(H,17,19). The fourth-order valence-corrected chi connectivity index (χ4v) is 2.07. The Labute approximate surface area is 130 Å². The molecule has 0 heterocycles. The van der Waals surface area contributed by atoms with Crippen LogP contribution in [0.5, 0.6) is 5.75 Å². The van der Waals surface area contributed by atoms with E-state index in [1.54, 1.807) is 32.0 Å². The molecule has 1 aromatic rings. The van der Waals surface area contributed by atoms with Gasteiger partial charge in [0.25, 0.3) is 0 Å². The third kappa shape index (κ3) is 5.37. The number of carbonyl (C=O) groups is 2. The SMILES string of the molecule is COc1ccc(CC(NC(C)=O)C(=O)OC(C)C)cc1CO. The van der Waals surface area contributed by atoms with Crippen LogP contribution in [0.15, 0.2) is 18.2 Å². The summed E-state index contributed by atoms with van der Waals surface area (Å²) in [4.78, 5) is 23.3. The summed E-state index contributed by atoms with van der Waals surface area (Å²) >= 11 is 0. The number of aliphatic hydroxyl groups is 1. The highest BCUT2D eigenvalue weighted by molar-refractivity contribution is 5.83. The molecule has 1 unspecified atom stereocenters. The molecule has 2 N–H and O–H groups in total. The summed E-state index contributed by atoms with van der Waals surface area (Å²) in [5, 5.41) is 11.9. The van der Waals surface area contributed by atoms with Crippen molar-refractivity contribution in [1.82, 2.24) is 5.32 Å². The van der Waals surface area contributed by atoms with Gasteiger partial charge < -0.3 is 19.9 Å². The van der Waals surface area contributed by atoms with E-state index in [4.69, 9.17) is 9.47 Å². The second-order valence-electron chi connectivity index (χ2n) is 5.25. The molecule has 122 valence electrons. The lowest BCUT2D eigenvalue weighted by Gasteiger charge is -2.19. The van der Waals surface area contributed by atoms with Crippen LogP contribution in [0.25, 0.3) is 0 Å². The second kappa shape index (κ2) is 8.38. The molecule has 0 aliphatic heterocycles. The van der Waals surface area contributed by atoms with Gasteiger partial charge in [0.05, 0.1) is 19.8 Å². The van der Waals surface area contributed by atoms with Crippen LogP contribution in [-0.4, -0.2) is 36.2 Å². The summed E-state index contributed by atoms with van der Waals surface area (Å²) < 4.78 is 10.3. The van der Waals surface area contributed by atoms with Crippen LogP contribution in [0.1, 0.15) is 31.9 Å². The summed E-state index contributed by atoms with van der Waals surface area (Å²) in [7, 11) is 1.52. The van der Waals surface area contributed by atoms with Gasteiger partial charge in [-0.05, 0) is 31.5 Å². The molecule has 0 spiro atoms. The van der Waals surface area contributed by atoms with E-state index in [1.165, 1.54) is 14.0 Å². The lowest BCUT2D eigenvalue weighted by Crippen LogP contribution is -2.43. The predicted molar refractivity (Wildman–Crippen MR) is 81.5 cm³/mol. The van der Waals surface area contributed by atoms with Crippen molar-refractivity contribution in [2.24, 2.45) is 0 Å². The van der Waals surface area contributed by atoms with Gasteiger partial charge in [0.1, 0.15) is 11.8 Å². The Morgan fingerprint density at radius 2 is 2.00 bits per heavy atom. The van der Waals surface area contributed by atoms with Crippen molar-refractivity contribution in [1.29, 1.82) is 0 Å². The number of methoxy groups -OCH3 is 1. The fraction of sp³-hybridized carbons (Fsp3) is 0.500. The van der Waals surface area contributed by atoms with Crippen molar-refractivity contribution in [3.05, 3.63) is 29.3 Å². The molecule has 0 aromatic heterocycles. The average molecular weight is 309 g/mol. The normalized spacial score (nSPS) is 11.9. The van der Waals surface area contributed by atoms with Crippen molar-refractivity contribution in [3.8, 4) is 5.75 Å². The summed E-state index contributed by atoms with van der Waals surface area (Å²) in [5.74, 6) is -0.208. The van der Waals surface area contributed by atoms with Crippen LogP contribution < -0.4 is 10.1 Å². The molecule has 6 nitrogen and oxygen atoms in total. The fourth-order valence-electron chi connectivity index (χ4n) is 2.07. The number of aliphatic hydroxyl groups excluding tert-OH is 1. The molecule has 6 heteroatoms. The Morgan fingerprint density at radius 1 is 1.32 bits per heavy atom. The minimum atomic E-state index is -0.764. The largest absolute Gasteiger partial charge is 0.496 e. The number of amides is 1. The number of nitrogens with one attached hydrogen (secondary N) is 1. The maximum atomic E-state index is 12.1. The van der Waals surface area contributed by atoms with Gasteiger partial charge >= 0.3 is 5.97 Å². The quantitative estimate of drug-likeness (QED) is 0.739. The Morgan fingerprint density at radius 3 is 2.50 bits per heavy atom. The van der Waals surface area contributed by atoms with E-state index in [1.807, 2.05) is 0 Å². The molecule has 0 radical (unpaired) electrons. The summed E-state index contributed by atoms with van der Waals surface area (Å²) in [5.41, 5.74) is 1.42. The van der Waals surface area contributed by atoms with Gasteiger partial charge in [-0.25, -0.2) is 4.79 Å². The topological polar surface area (TPSA) is 84.9 Å². The lowest BCUT2D eigenvalue weighted by atomic mass is 10.0. The molecule has 0 fully saturated rings. The van der Waals surface area contributed by atoms with Gasteiger partial charge in [0.15, 0.2) is 0 Å². The maximum absolute atomic E-state index is 12.1. The van der Waals surface area contributed by atoms with E-state index in [0.717, 1.165) is 5.56 Å². The molecule has 0 saturated heterocycles. The lowest BCUT2D eigenvalue weighted by molar-refractivity contribution is -0.151. The zero-order valence-corrected chi connectivity index (χ0v) is 13.4. The Bertz CT molecular complexity index is 527. The smallest absolute Gasteiger partial charge is 0.329 e. The van der Waals surface area contributed by atoms with Crippen LogP contribution in [-0.2, 0) is 27.4 Å². The Balaban J connectivity index is 2.93. The van der Waals surface area contributed by atoms with Crippen molar-refractivity contribution in [2.75, 3.05) is 7.11 Å². The highest BCUT2D eigenvalue weighted by Crippen LogP contribution is 2.20. The number of esters is 1. The van der Waals surface area contributed by atoms with Crippen LogP contribution in [0, 0.1) is 0 Å². The molecule has 0 bridgehead atoms. The van der Waals surface area contributed by atoms with Gasteiger partial charge in [-0.15, -0.1) is 0 Å². The van der Waals surface area contributed by atoms with Gasteiger partial charge in [-0.2, -0.15) is 0 Å². The molecule has 0 saturated carbocycles. The average Bonchev–Trinajstić information content (AvgIpc) is 2.45. The van der Waals surface area contributed by atoms with Crippen LogP contribution in [0.4, 0.5) is 0 Å². The predicted octanol–water partition coefficient (Wildman–Crippen LogP) is 1.19. The van der Waals surface area contributed by atoms with E-state index in [2.05, 4.69) is 5.32 Å². The summed E-state index contributed by atoms with van der Waals surface area (Å²) in [6, 6.07) is 4.49. The first-order valence-electron chi connectivity index (χ1n) is 7.11. The molecule has 1 amide bonds. The monoisotopic (exact) mass is 309 g/mol. The number of rotatable bonds is 7. The minimum absolute atomic E-state index is 0.168. The number of hydrogen-bond donors (Lipinski definition) is 2. The minimum Gasteiger partial charge on any atom is -0.496 e. The Hall–Kier alpha value is -2.08. The van der Waals surface area contributed by atoms with Crippen LogP contribution >= 0.6 is 0 Å². The summed E-state index contributed by atoms with van der Waals surface area (Å²) in [6.45, 7) is 4.68. The number of hydrogen-bond acceptors (Lipinski definition) is 5. The van der Waals surface area contributed by atoms with E-state index in [9.17, 15) is 14.7 Å². The molecule has 1 aromatic carbocycles. The van der Waals surface area contributed by atoms with E-state index in [-0.39, 0.29) is 25.0 Å². The van der Waals surface area contributed by atoms with E-state index >= 15 is 0 Å². The third-order valence-corrected chi connectivity index (χ3v) is 2.97. The Kier molecular flexibility index (Phi) is 6.85. The van der Waals surface area contributed by atoms with Gasteiger partial charge in [-0.3, -0.25) is 4.79 Å². The first kappa shape index (κ1) is 18.0. The highest BCUT2D eigenvalue weighted by atomic mass is 16.5. The number of benzene rings is 1. The highest BCUT2D eigenvalue weighted by Gasteiger charge is 2.22. The molecular formula is C16H23NO5. The number of ether oxygens (including phenoxy) is 2. The second-order valence-corrected chi connectivity index (χ2v) is 5.25. The molecule has 22 heavy (non-hydrogen) atoms. The van der Waals surface area contributed by atoms with Gasteiger partial charge in [0.2, 0.25) is 5.91 Å². The molecule has 0 aliphatic rings. The molecule has 1 atom stereocenters. The van der Waals surface area contributed by atoms with Crippen molar-refractivity contribution >= 4 is 11.9 Å². The van der Waals surface area contributed by atoms with Crippen molar-refractivity contribution < 1.29 is 24.2 Å². The molecule has 1 rings (SSSR count). The van der Waals surface area contributed by atoms with Crippen molar-refractivity contribution in [2.45, 2.75) is 45.9 Å². The maximum Gasteiger partial charge on any atom is 0.329 e. The van der Waals surface area contributed by atoms with E-state index < -0.39 is 12.0 Å². The van der Waals surface area contributed by atoms with Gasteiger partial charge in [0, 0.05) is 18.9 Å². The first-order chi connectivity index (χ1) is 10.4. The first-order valence-corrected chi connectivity index (χ1v) is 7.11. The summed E-state index contributed by atoms with van der Waals surface area (Å²) in [6.07, 6.45) is 0.0231. The number of carbonyl (C=O) groups excluding carboxylic acids is 2. The van der Waals surface area contributed by atoms with E-state index in [0.29, 0.717) is 11.3 Å². The van der Waals surface area contributed by atoms with Crippen molar-refractivity contribution in [3.63, 3.8) is 0 Å². The van der Waals surface area contributed by atoms with Gasteiger partial charge in [-0.1, -0.05) is 6.07 Å². The third-order valence-electron chi connectivity index (χ3n) is 2.97. The molecule has 0 aliphatic carbocycles. The van der Waals surface area contributed by atoms with Crippen LogP contribution in [0.2, 0.25) is 0 Å². The molecular weight excluding hydrogens is 286 g/mol.